The van der Waals surface area contributed by atoms with Gasteiger partial charge in [0.1, 0.15) is 6.33 Å². The van der Waals surface area contributed by atoms with E-state index in [2.05, 4.69) is 38.0 Å². The number of carbonyl (C=O) groups is 1. The molecule has 0 aliphatic carbocycles. The van der Waals surface area contributed by atoms with Gasteiger partial charge in [-0.3, -0.25) is 4.79 Å². The van der Waals surface area contributed by atoms with Crippen LogP contribution in [0.1, 0.15) is 23.2 Å². The molecule has 0 unspecified atom stereocenters. The molecule has 0 radical (unpaired) electrons. The lowest BCUT2D eigenvalue weighted by Crippen LogP contribution is -2.36. The Labute approximate surface area is 132 Å². The fourth-order valence-electron chi connectivity index (χ4n) is 2.54. The molecule has 1 aromatic carbocycles. The molecule has 4 nitrogen and oxygen atoms in total. The van der Waals surface area contributed by atoms with Gasteiger partial charge in [-0.2, -0.15) is 0 Å². The summed E-state index contributed by atoms with van der Waals surface area (Å²) in [6.45, 7) is 1.39. The summed E-state index contributed by atoms with van der Waals surface area (Å²) >= 11 is 3.42. The van der Waals surface area contributed by atoms with E-state index in [-0.39, 0.29) is 5.91 Å². The number of rotatable bonds is 3. The SMILES string of the molecule is O=C(CCc1ccc(Br)cc1)N1CCc2ncncc2C1. The maximum atomic E-state index is 12.3. The summed E-state index contributed by atoms with van der Waals surface area (Å²) < 4.78 is 1.06. The highest BCUT2D eigenvalue weighted by atomic mass is 79.9. The molecule has 108 valence electrons. The number of fused-ring (bicyclic) bond motifs is 1. The molecule has 2 heterocycles. The van der Waals surface area contributed by atoms with E-state index in [0.717, 1.165) is 35.1 Å². The molecule has 0 N–H and O–H groups in total. The Bertz CT molecular complexity index is 642. The van der Waals surface area contributed by atoms with Crippen molar-refractivity contribution in [2.75, 3.05) is 6.54 Å². The summed E-state index contributed by atoms with van der Waals surface area (Å²) in [7, 11) is 0. The summed E-state index contributed by atoms with van der Waals surface area (Å²) in [5.41, 5.74) is 3.33. The van der Waals surface area contributed by atoms with Crippen LogP contribution >= 0.6 is 15.9 Å². The molecule has 1 amide bonds. The minimum Gasteiger partial charge on any atom is -0.338 e. The van der Waals surface area contributed by atoms with Crippen molar-refractivity contribution in [2.24, 2.45) is 0 Å². The number of hydrogen-bond acceptors (Lipinski definition) is 3. The smallest absolute Gasteiger partial charge is 0.223 e. The molecule has 1 aromatic heterocycles. The normalized spacial score (nSPS) is 13.9. The van der Waals surface area contributed by atoms with E-state index in [1.54, 1.807) is 6.33 Å². The third-order valence-electron chi connectivity index (χ3n) is 3.75. The van der Waals surface area contributed by atoms with Gasteiger partial charge in [-0.05, 0) is 24.1 Å². The minimum absolute atomic E-state index is 0.201. The number of aromatic nitrogens is 2. The Balaban J connectivity index is 1.58. The zero-order chi connectivity index (χ0) is 14.7. The van der Waals surface area contributed by atoms with Crippen molar-refractivity contribution in [3.8, 4) is 0 Å². The lowest BCUT2D eigenvalue weighted by atomic mass is 10.1. The maximum Gasteiger partial charge on any atom is 0.223 e. The van der Waals surface area contributed by atoms with Gasteiger partial charge in [0.25, 0.3) is 0 Å². The second-order valence-corrected chi connectivity index (χ2v) is 6.10. The number of nitrogens with zero attached hydrogens (tertiary/aromatic N) is 3. The van der Waals surface area contributed by atoms with Gasteiger partial charge in [-0.15, -0.1) is 0 Å². The minimum atomic E-state index is 0.201. The highest BCUT2D eigenvalue weighted by Gasteiger charge is 2.21. The van der Waals surface area contributed by atoms with E-state index in [1.807, 2.05) is 23.2 Å². The molecule has 2 aromatic rings. The fraction of sp³-hybridized carbons (Fsp3) is 0.312. The maximum absolute atomic E-state index is 12.3. The van der Waals surface area contributed by atoms with Gasteiger partial charge in [0.2, 0.25) is 5.91 Å². The molecule has 3 rings (SSSR count). The van der Waals surface area contributed by atoms with Crippen molar-refractivity contribution in [2.45, 2.75) is 25.8 Å². The third kappa shape index (κ3) is 3.47. The van der Waals surface area contributed by atoms with E-state index >= 15 is 0 Å². The molecule has 0 saturated heterocycles. The molecule has 0 fully saturated rings. The van der Waals surface area contributed by atoms with Gasteiger partial charge in [0.15, 0.2) is 0 Å². The van der Waals surface area contributed by atoms with E-state index in [1.165, 1.54) is 5.56 Å². The van der Waals surface area contributed by atoms with E-state index in [4.69, 9.17) is 0 Å². The molecular weight excluding hydrogens is 330 g/mol. The molecule has 5 heteroatoms. The molecule has 0 spiro atoms. The van der Waals surface area contributed by atoms with E-state index < -0.39 is 0 Å². The highest BCUT2D eigenvalue weighted by Crippen LogP contribution is 2.17. The number of halogens is 1. The Kier molecular flexibility index (Phi) is 4.29. The van der Waals surface area contributed by atoms with Gasteiger partial charge in [0.05, 0.1) is 5.69 Å². The summed E-state index contributed by atoms with van der Waals surface area (Å²) in [5, 5.41) is 0. The standard InChI is InChI=1S/C16H16BrN3O/c17-14-4-1-12(2-5-14)3-6-16(21)20-8-7-15-13(10-20)9-18-11-19-15/h1-2,4-5,9,11H,3,6-8,10H2. The molecule has 1 aliphatic rings. The second-order valence-electron chi connectivity index (χ2n) is 5.19. The first-order chi connectivity index (χ1) is 10.2. The Hall–Kier alpha value is -1.75. The van der Waals surface area contributed by atoms with Crippen LogP contribution in [0.2, 0.25) is 0 Å². The van der Waals surface area contributed by atoms with Crippen LogP contribution in [0.5, 0.6) is 0 Å². The van der Waals surface area contributed by atoms with Crippen LogP contribution in [0.4, 0.5) is 0 Å². The van der Waals surface area contributed by atoms with Crippen LogP contribution in [0.3, 0.4) is 0 Å². The zero-order valence-corrected chi connectivity index (χ0v) is 13.2. The van der Waals surface area contributed by atoms with Crippen LogP contribution in [0.25, 0.3) is 0 Å². The molecular formula is C16H16BrN3O. The molecule has 21 heavy (non-hydrogen) atoms. The van der Waals surface area contributed by atoms with Gasteiger partial charge in [0, 0.05) is 42.2 Å². The zero-order valence-electron chi connectivity index (χ0n) is 11.6. The van der Waals surface area contributed by atoms with Gasteiger partial charge >= 0.3 is 0 Å². The number of benzene rings is 1. The second kappa shape index (κ2) is 6.35. The Morgan fingerprint density at radius 1 is 1.29 bits per heavy atom. The highest BCUT2D eigenvalue weighted by molar-refractivity contribution is 9.10. The van der Waals surface area contributed by atoms with Crippen molar-refractivity contribution in [3.63, 3.8) is 0 Å². The summed E-state index contributed by atoms with van der Waals surface area (Å²) in [5.74, 6) is 0.201. The number of carbonyl (C=O) groups excluding carboxylic acids is 1. The van der Waals surface area contributed by atoms with Crippen LogP contribution in [-0.4, -0.2) is 27.3 Å². The van der Waals surface area contributed by atoms with Gasteiger partial charge < -0.3 is 4.90 Å². The average molecular weight is 346 g/mol. The molecule has 0 bridgehead atoms. The van der Waals surface area contributed by atoms with Crippen molar-refractivity contribution in [1.82, 2.24) is 14.9 Å². The lowest BCUT2D eigenvalue weighted by Gasteiger charge is -2.27. The average Bonchev–Trinajstić information content (AvgIpc) is 2.53. The first kappa shape index (κ1) is 14.2. The Morgan fingerprint density at radius 2 is 2.10 bits per heavy atom. The monoisotopic (exact) mass is 345 g/mol. The number of amides is 1. The van der Waals surface area contributed by atoms with Crippen LogP contribution < -0.4 is 0 Å². The first-order valence-electron chi connectivity index (χ1n) is 7.02. The quantitative estimate of drug-likeness (QED) is 0.859. The summed E-state index contributed by atoms with van der Waals surface area (Å²) in [4.78, 5) is 22.5. The predicted octanol–water partition coefficient (Wildman–Crippen LogP) is 2.76. The number of hydrogen-bond donors (Lipinski definition) is 0. The van der Waals surface area contributed by atoms with E-state index in [9.17, 15) is 4.79 Å². The van der Waals surface area contributed by atoms with Gasteiger partial charge in [-0.25, -0.2) is 9.97 Å². The third-order valence-corrected chi connectivity index (χ3v) is 4.28. The van der Waals surface area contributed by atoms with E-state index in [0.29, 0.717) is 13.0 Å². The van der Waals surface area contributed by atoms with Crippen molar-refractivity contribution >= 4 is 21.8 Å². The summed E-state index contributed by atoms with van der Waals surface area (Å²) in [6, 6.07) is 8.12. The summed E-state index contributed by atoms with van der Waals surface area (Å²) in [6.07, 6.45) is 5.54. The topological polar surface area (TPSA) is 46.1 Å². The molecule has 1 aliphatic heterocycles. The lowest BCUT2D eigenvalue weighted by molar-refractivity contribution is -0.132. The van der Waals surface area contributed by atoms with Gasteiger partial charge in [-0.1, -0.05) is 28.1 Å². The molecule has 0 saturated carbocycles. The molecule has 0 atom stereocenters. The fourth-order valence-corrected chi connectivity index (χ4v) is 2.80. The largest absolute Gasteiger partial charge is 0.338 e. The number of aryl methyl sites for hydroxylation is 1. The van der Waals surface area contributed by atoms with Crippen LogP contribution in [-0.2, 0) is 24.2 Å². The Morgan fingerprint density at radius 3 is 2.90 bits per heavy atom. The van der Waals surface area contributed by atoms with Crippen molar-refractivity contribution in [3.05, 3.63) is 58.1 Å². The van der Waals surface area contributed by atoms with Crippen LogP contribution in [0.15, 0.2) is 41.3 Å². The predicted molar refractivity (Wildman–Crippen MR) is 83.6 cm³/mol. The first-order valence-corrected chi connectivity index (χ1v) is 7.81. The van der Waals surface area contributed by atoms with Crippen LogP contribution in [0, 0.1) is 0 Å². The van der Waals surface area contributed by atoms with Crippen molar-refractivity contribution < 1.29 is 4.79 Å². The van der Waals surface area contributed by atoms with Crippen molar-refractivity contribution in [1.29, 1.82) is 0 Å².